The van der Waals surface area contributed by atoms with Crippen LogP contribution in [0.2, 0.25) is 0 Å². The largest absolute Gasteiger partial charge is 0.416 e. The number of aliphatic hydroxyl groups excluding tert-OH is 1. The first kappa shape index (κ1) is 25.4. The van der Waals surface area contributed by atoms with Crippen molar-refractivity contribution in [3.63, 3.8) is 0 Å². The van der Waals surface area contributed by atoms with Gasteiger partial charge < -0.3 is 5.11 Å². The van der Waals surface area contributed by atoms with Gasteiger partial charge in [0.25, 0.3) is 0 Å². The molecule has 2 aromatic rings. The van der Waals surface area contributed by atoms with Crippen molar-refractivity contribution in [3.05, 3.63) is 72.3 Å². The fraction of sp³-hybridized carbons (Fsp3) is 0.375. The van der Waals surface area contributed by atoms with Gasteiger partial charge in [-0.05, 0) is 28.8 Å². The smallest absolute Gasteiger partial charge is 0.395 e. The maximum atomic E-state index is 12.7. The highest BCUT2D eigenvalue weighted by molar-refractivity contribution is 5.64. The summed E-state index contributed by atoms with van der Waals surface area (Å²) in [5.74, 6) is -0.110. The van der Waals surface area contributed by atoms with E-state index in [0.29, 0.717) is 12.1 Å². The van der Waals surface area contributed by atoms with E-state index in [2.05, 4.69) is 12.6 Å². The maximum absolute atomic E-state index is 12.7. The summed E-state index contributed by atoms with van der Waals surface area (Å²) in [5.41, 5.74) is 1.73. The van der Waals surface area contributed by atoms with E-state index in [1.54, 1.807) is 6.08 Å². The SMILES string of the molecule is C.C=CCN1C(C#N)C(c2ccc(-c3ccc(C(F)(F)F)cc3)cc2)C1CO.CC. The van der Waals surface area contributed by atoms with Crippen LogP contribution in [0.15, 0.2) is 61.2 Å². The third kappa shape index (κ3) is 5.10. The lowest BCUT2D eigenvalue weighted by Gasteiger charge is -2.51. The average Bonchev–Trinajstić information content (AvgIpc) is 2.73. The predicted octanol–water partition coefficient (Wildman–Crippen LogP) is 5.87. The predicted molar refractivity (Wildman–Crippen MR) is 115 cm³/mol. The third-order valence-corrected chi connectivity index (χ3v) is 5.04. The van der Waals surface area contributed by atoms with E-state index in [1.807, 2.05) is 43.0 Å². The molecule has 162 valence electrons. The molecule has 1 saturated heterocycles. The van der Waals surface area contributed by atoms with Gasteiger partial charge in [-0.1, -0.05) is 63.7 Å². The standard InChI is InChI=1S/C21H19F3N2O.C2H6.CH4/c1-2-11-26-18(12-25)20(19(26)13-27)16-5-3-14(4-6-16)15-7-9-17(10-8-15)21(22,23)24;1-2;/h2-10,18-20,27H,1,11,13H2;1-2H3;1H4. The summed E-state index contributed by atoms with van der Waals surface area (Å²) in [6, 6.07) is 14.2. The molecule has 0 saturated carbocycles. The molecule has 1 fully saturated rings. The van der Waals surface area contributed by atoms with Crippen LogP contribution < -0.4 is 0 Å². The average molecular weight is 419 g/mol. The van der Waals surface area contributed by atoms with Gasteiger partial charge in [-0.3, -0.25) is 4.90 Å². The lowest BCUT2D eigenvalue weighted by atomic mass is 9.75. The highest BCUT2D eigenvalue weighted by Crippen LogP contribution is 2.40. The quantitative estimate of drug-likeness (QED) is 0.618. The minimum atomic E-state index is -4.35. The zero-order valence-electron chi connectivity index (χ0n) is 16.5. The fourth-order valence-electron chi connectivity index (χ4n) is 3.65. The van der Waals surface area contributed by atoms with E-state index in [4.69, 9.17) is 0 Å². The van der Waals surface area contributed by atoms with Crippen LogP contribution in [-0.2, 0) is 6.18 Å². The monoisotopic (exact) mass is 418 g/mol. The van der Waals surface area contributed by atoms with E-state index in [-0.39, 0.29) is 32.0 Å². The molecule has 3 nitrogen and oxygen atoms in total. The van der Waals surface area contributed by atoms with Crippen molar-refractivity contribution >= 4 is 0 Å². The van der Waals surface area contributed by atoms with Crippen molar-refractivity contribution < 1.29 is 18.3 Å². The Kier molecular flexibility index (Phi) is 9.28. The highest BCUT2D eigenvalue weighted by Gasteiger charge is 2.48. The Morgan fingerprint density at radius 3 is 1.97 bits per heavy atom. The number of benzene rings is 2. The van der Waals surface area contributed by atoms with Crippen molar-refractivity contribution in [1.29, 1.82) is 5.26 Å². The molecule has 0 radical (unpaired) electrons. The summed E-state index contributed by atoms with van der Waals surface area (Å²) in [4.78, 5) is 1.90. The third-order valence-electron chi connectivity index (χ3n) is 5.04. The van der Waals surface area contributed by atoms with Gasteiger partial charge in [0.05, 0.1) is 18.2 Å². The van der Waals surface area contributed by atoms with Crippen LogP contribution in [0.1, 0.15) is 38.3 Å². The number of nitrogens with zero attached hydrogens (tertiary/aromatic N) is 2. The molecule has 0 bridgehead atoms. The fourth-order valence-corrected chi connectivity index (χ4v) is 3.65. The van der Waals surface area contributed by atoms with E-state index >= 15 is 0 Å². The minimum absolute atomic E-state index is 0. The second-order valence-corrected chi connectivity index (χ2v) is 6.53. The Morgan fingerprint density at radius 2 is 1.57 bits per heavy atom. The van der Waals surface area contributed by atoms with Gasteiger partial charge in [-0.15, -0.1) is 6.58 Å². The molecule has 3 unspecified atom stereocenters. The second kappa shape index (κ2) is 11.0. The number of alkyl halides is 3. The summed E-state index contributed by atoms with van der Waals surface area (Å²) < 4.78 is 38.0. The first-order valence-corrected chi connectivity index (χ1v) is 9.55. The molecule has 1 N–H and O–H groups in total. The molecule has 1 aliphatic rings. The molecule has 30 heavy (non-hydrogen) atoms. The van der Waals surface area contributed by atoms with Crippen LogP contribution in [-0.4, -0.2) is 35.2 Å². The molecule has 0 aliphatic carbocycles. The zero-order chi connectivity index (χ0) is 21.6. The van der Waals surface area contributed by atoms with Gasteiger partial charge >= 0.3 is 6.18 Å². The molecule has 6 heteroatoms. The Labute approximate surface area is 177 Å². The first-order valence-electron chi connectivity index (χ1n) is 9.55. The van der Waals surface area contributed by atoms with Crippen molar-refractivity contribution in [2.24, 2.45) is 0 Å². The minimum Gasteiger partial charge on any atom is -0.395 e. The molecule has 3 rings (SSSR count). The molecule has 0 spiro atoms. The molecular weight excluding hydrogens is 389 g/mol. The summed E-state index contributed by atoms with van der Waals surface area (Å²) >= 11 is 0. The van der Waals surface area contributed by atoms with Crippen LogP contribution >= 0.6 is 0 Å². The normalized spacial score (nSPS) is 20.6. The number of aliphatic hydroxyl groups is 1. The Morgan fingerprint density at radius 1 is 1.07 bits per heavy atom. The van der Waals surface area contributed by atoms with Crippen LogP contribution in [0.4, 0.5) is 13.2 Å². The van der Waals surface area contributed by atoms with Gasteiger partial charge in [0.1, 0.15) is 6.04 Å². The highest BCUT2D eigenvalue weighted by atomic mass is 19.4. The summed E-state index contributed by atoms with van der Waals surface area (Å²) in [7, 11) is 0. The van der Waals surface area contributed by atoms with Gasteiger partial charge in [-0.2, -0.15) is 18.4 Å². The maximum Gasteiger partial charge on any atom is 0.416 e. The van der Waals surface area contributed by atoms with Crippen molar-refractivity contribution in [2.75, 3.05) is 13.2 Å². The molecule has 0 amide bonds. The Bertz CT molecular complexity index is 839. The van der Waals surface area contributed by atoms with Crippen LogP contribution in [0.5, 0.6) is 0 Å². The van der Waals surface area contributed by atoms with Gasteiger partial charge in [-0.25, -0.2) is 0 Å². The molecule has 1 aliphatic heterocycles. The lowest BCUT2D eigenvalue weighted by Crippen LogP contribution is -2.63. The summed E-state index contributed by atoms with van der Waals surface area (Å²) in [6.45, 7) is 8.15. The number of hydrogen-bond acceptors (Lipinski definition) is 3. The zero-order valence-corrected chi connectivity index (χ0v) is 16.5. The Balaban J connectivity index is 0.00000146. The van der Waals surface area contributed by atoms with Crippen LogP contribution in [0, 0.1) is 11.3 Å². The number of halogens is 3. The van der Waals surface area contributed by atoms with E-state index in [9.17, 15) is 23.5 Å². The van der Waals surface area contributed by atoms with Crippen LogP contribution in [0.3, 0.4) is 0 Å². The van der Waals surface area contributed by atoms with Crippen molar-refractivity contribution in [2.45, 2.75) is 45.5 Å². The van der Waals surface area contributed by atoms with E-state index in [0.717, 1.165) is 23.3 Å². The van der Waals surface area contributed by atoms with Gasteiger partial charge in [0.2, 0.25) is 0 Å². The molecular formula is C24H29F3N2O. The molecule has 3 atom stereocenters. The number of likely N-dealkylation sites (tertiary alicyclic amines) is 1. The number of nitriles is 1. The van der Waals surface area contributed by atoms with Gasteiger partial charge in [0.15, 0.2) is 0 Å². The van der Waals surface area contributed by atoms with Crippen molar-refractivity contribution in [3.8, 4) is 17.2 Å². The van der Waals surface area contributed by atoms with Gasteiger partial charge in [0, 0.05) is 18.5 Å². The lowest BCUT2D eigenvalue weighted by molar-refractivity contribution is -0.137. The molecule has 0 aromatic heterocycles. The summed E-state index contributed by atoms with van der Waals surface area (Å²) in [6.07, 6.45) is -2.65. The van der Waals surface area contributed by atoms with E-state index < -0.39 is 11.7 Å². The topological polar surface area (TPSA) is 47.3 Å². The summed E-state index contributed by atoms with van der Waals surface area (Å²) in [5, 5.41) is 19.1. The van der Waals surface area contributed by atoms with Crippen LogP contribution in [0.25, 0.3) is 11.1 Å². The number of hydrogen-bond donors (Lipinski definition) is 1. The molecule has 2 aromatic carbocycles. The Hall–Kier alpha value is -2.62. The number of rotatable bonds is 5. The molecule has 1 heterocycles. The van der Waals surface area contributed by atoms with Crippen molar-refractivity contribution in [1.82, 2.24) is 4.90 Å². The van der Waals surface area contributed by atoms with E-state index in [1.165, 1.54) is 12.1 Å². The first-order chi connectivity index (χ1) is 13.9. The second-order valence-electron chi connectivity index (χ2n) is 6.53.